The number of nitrogens with zero attached hydrogens (tertiary/aromatic N) is 1. The summed E-state index contributed by atoms with van der Waals surface area (Å²) in [6, 6.07) is 10.3. The summed E-state index contributed by atoms with van der Waals surface area (Å²) in [6.07, 6.45) is 0. The Morgan fingerprint density at radius 1 is 0.944 bits per heavy atom. The Hall–Kier alpha value is -1.02. The van der Waals surface area contributed by atoms with E-state index >= 15 is 0 Å². The highest BCUT2D eigenvalue weighted by Crippen LogP contribution is 2.18. The molecular formula is C16H30N2. The van der Waals surface area contributed by atoms with Crippen LogP contribution in [0.1, 0.15) is 27.7 Å². The Balaban J connectivity index is 0.000000321. The van der Waals surface area contributed by atoms with E-state index in [0.717, 1.165) is 18.4 Å². The van der Waals surface area contributed by atoms with Gasteiger partial charge in [0, 0.05) is 19.8 Å². The number of nitrogens with two attached hydrogens (primary N) is 1. The van der Waals surface area contributed by atoms with Crippen molar-refractivity contribution in [2.45, 2.75) is 27.7 Å². The number of hydrogen-bond acceptors (Lipinski definition) is 2. The van der Waals surface area contributed by atoms with Gasteiger partial charge in [-0.05, 0) is 36.4 Å². The molecule has 0 fully saturated rings. The van der Waals surface area contributed by atoms with Gasteiger partial charge in [-0.1, -0.05) is 45.9 Å². The van der Waals surface area contributed by atoms with E-state index in [1.807, 2.05) is 32.3 Å². The van der Waals surface area contributed by atoms with Crippen molar-refractivity contribution < 1.29 is 0 Å². The zero-order valence-electron chi connectivity index (χ0n) is 12.9. The first kappa shape index (κ1) is 17.0. The maximum atomic E-state index is 5.57. The van der Waals surface area contributed by atoms with Gasteiger partial charge in [-0.2, -0.15) is 0 Å². The molecule has 0 aliphatic rings. The highest BCUT2D eigenvalue weighted by Gasteiger charge is 2.14. The maximum absolute atomic E-state index is 5.57. The molecule has 2 N–H and O–H groups in total. The Morgan fingerprint density at radius 3 is 1.56 bits per heavy atom. The normalized spacial score (nSPS) is 10.6. The summed E-state index contributed by atoms with van der Waals surface area (Å²) >= 11 is 0. The van der Waals surface area contributed by atoms with Crippen molar-refractivity contribution in [1.82, 2.24) is 0 Å². The molecule has 104 valence electrons. The van der Waals surface area contributed by atoms with Gasteiger partial charge in [0.15, 0.2) is 0 Å². The van der Waals surface area contributed by atoms with Crippen LogP contribution >= 0.6 is 0 Å². The second-order valence-electron chi connectivity index (χ2n) is 5.62. The zero-order valence-corrected chi connectivity index (χ0v) is 12.9. The molecule has 0 saturated carbocycles. The minimum atomic E-state index is 0.699. The van der Waals surface area contributed by atoms with Gasteiger partial charge in [-0.15, -0.1) is 0 Å². The third kappa shape index (κ3) is 6.65. The van der Waals surface area contributed by atoms with Crippen LogP contribution in [0.4, 0.5) is 5.69 Å². The van der Waals surface area contributed by atoms with Crippen molar-refractivity contribution in [3.8, 4) is 0 Å². The number of hydrogen-bond donors (Lipinski definition) is 1. The second kappa shape index (κ2) is 8.98. The lowest BCUT2D eigenvalue weighted by Gasteiger charge is -2.22. The zero-order chi connectivity index (χ0) is 14.1. The molecule has 0 aliphatic heterocycles. The first-order valence-electron chi connectivity index (χ1n) is 6.82. The fourth-order valence-corrected chi connectivity index (χ4v) is 2.04. The lowest BCUT2D eigenvalue weighted by atomic mass is 9.86. The van der Waals surface area contributed by atoms with Gasteiger partial charge in [0.25, 0.3) is 0 Å². The predicted molar refractivity (Wildman–Crippen MR) is 83.0 cm³/mol. The summed E-state index contributed by atoms with van der Waals surface area (Å²) < 4.78 is 0. The third-order valence-electron chi connectivity index (χ3n) is 3.26. The maximum Gasteiger partial charge on any atom is 0.0360 e. The van der Waals surface area contributed by atoms with Crippen LogP contribution in [-0.4, -0.2) is 20.6 Å². The molecule has 0 unspecified atom stereocenters. The van der Waals surface area contributed by atoms with Crippen LogP contribution in [0, 0.1) is 17.8 Å². The quantitative estimate of drug-likeness (QED) is 0.884. The van der Waals surface area contributed by atoms with Gasteiger partial charge in [0.05, 0.1) is 0 Å². The molecule has 0 bridgehead atoms. The van der Waals surface area contributed by atoms with E-state index in [9.17, 15) is 0 Å². The monoisotopic (exact) mass is 250 g/mol. The Labute approximate surface area is 113 Å². The first-order valence-corrected chi connectivity index (χ1v) is 6.82. The lowest BCUT2D eigenvalue weighted by molar-refractivity contribution is 0.297. The summed E-state index contributed by atoms with van der Waals surface area (Å²) in [5, 5.41) is 0. The molecule has 0 radical (unpaired) electrons. The van der Waals surface area contributed by atoms with Crippen molar-refractivity contribution >= 4 is 5.69 Å². The van der Waals surface area contributed by atoms with Crippen LogP contribution in [0.5, 0.6) is 0 Å². The Morgan fingerprint density at radius 2 is 1.39 bits per heavy atom. The second-order valence-corrected chi connectivity index (χ2v) is 5.62. The van der Waals surface area contributed by atoms with E-state index in [0.29, 0.717) is 5.92 Å². The van der Waals surface area contributed by atoms with E-state index in [1.165, 1.54) is 5.69 Å². The van der Waals surface area contributed by atoms with Crippen molar-refractivity contribution in [2.75, 3.05) is 25.5 Å². The number of rotatable bonds is 4. The Kier molecular flexibility index (Phi) is 8.47. The molecule has 0 spiro atoms. The molecule has 0 aromatic heterocycles. The molecule has 2 nitrogen and oxygen atoms in total. The average molecular weight is 250 g/mol. The molecule has 1 rings (SSSR count). The molecular weight excluding hydrogens is 220 g/mol. The molecule has 0 amide bonds. The van der Waals surface area contributed by atoms with Gasteiger partial charge >= 0.3 is 0 Å². The van der Waals surface area contributed by atoms with Crippen LogP contribution in [0.15, 0.2) is 30.3 Å². The summed E-state index contributed by atoms with van der Waals surface area (Å²) in [7, 11) is 4.07. The van der Waals surface area contributed by atoms with E-state index < -0.39 is 0 Å². The van der Waals surface area contributed by atoms with Gasteiger partial charge in [0.2, 0.25) is 0 Å². The third-order valence-corrected chi connectivity index (χ3v) is 3.26. The fourth-order valence-electron chi connectivity index (χ4n) is 2.04. The molecule has 0 atom stereocenters. The van der Waals surface area contributed by atoms with Crippen LogP contribution in [0.25, 0.3) is 0 Å². The van der Waals surface area contributed by atoms with Crippen molar-refractivity contribution in [1.29, 1.82) is 0 Å². The highest BCUT2D eigenvalue weighted by molar-refractivity contribution is 5.43. The SMILES string of the molecule is CC(C)C(CN)C(C)C.CN(C)c1ccccc1. The van der Waals surface area contributed by atoms with Gasteiger partial charge in [-0.3, -0.25) is 0 Å². The summed E-state index contributed by atoms with van der Waals surface area (Å²) in [6.45, 7) is 9.76. The first-order chi connectivity index (χ1) is 8.40. The topological polar surface area (TPSA) is 29.3 Å². The number of anilines is 1. The van der Waals surface area contributed by atoms with Crippen molar-refractivity contribution in [3.05, 3.63) is 30.3 Å². The summed E-state index contributed by atoms with van der Waals surface area (Å²) in [5.41, 5.74) is 6.82. The van der Waals surface area contributed by atoms with Crippen LogP contribution in [-0.2, 0) is 0 Å². The lowest BCUT2D eigenvalue weighted by Crippen LogP contribution is -2.24. The van der Waals surface area contributed by atoms with Crippen LogP contribution in [0.3, 0.4) is 0 Å². The van der Waals surface area contributed by atoms with E-state index in [-0.39, 0.29) is 0 Å². The summed E-state index contributed by atoms with van der Waals surface area (Å²) in [4.78, 5) is 2.08. The van der Waals surface area contributed by atoms with E-state index in [2.05, 4.69) is 44.7 Å². The van der Waals surface area contributed by atoms with Crippen molar-refractivity contribution in [3.63, 3.8) is 0 Å². The minimum absolute atomic E-state index is 0.699. The number of para-hydroxylation sites is 1. The molecule has 0 saturated heterocycles. The fraction of sp³-hybridized carbons (Fsp3) is 0.625. The predicted octanol–water partition coefficient (Wildman–Crippen LogP) is 3.63. The molecule has 1 aromatic carbocycles. The Bertz CT molecular complexity index is 283. The van der Waals surface area contributed by atoms with Gasteiger partial charge in [-0.25, -0.2) is 0 Å². The molecule has 0 aliphatic carbocycles. The van der Waals surface area contributed by atoms with Gasteiger partial charge in [0.1, 0.15) is 0 Å². The van der Waals surface area contributed by atoms with Crippen LogP contribution < -0.4 is 10.6 Å². The molecule has 2 heteroatoms. The van der Waals surface area contributed by atoms with Gasteiger partial charge < -0.3 is 10.6 Å². The smallest absolute Gasteiger partial charge is 0.0360 e. The van der Waals surface area contributed by atoms with Crippen LogP contribution in [0.2, 0.25) is 0 Å². The molecule has 1 aromatic rings. The largest absolute Gasteiger partial charge is 0.378 e. The van der Waals surface area contributed by atoms with E-state index in [1.54, 1.807) is 0 Å². The minimum Gasteiger partial charge on any atom is -0.378 e. The summed E-state index contributed by atoms with van der Waals surface area (Å²) in [5.74, 6) is 2.16. The van der Waals surface area contributed by atoms with Crippen molar-refractivity contribution in [2.24, 2.45) is 23.5 Å². The standard InChI is InChI=1S/C8H11N.C8H19N/c1-9(2)8-6-4-3-5-7-8;1-6(2)8(5-9)7(3)4/h3-7H,1-2H3;6-8H,5,9H2,1-4H3. The number of benzene rings is 1. The molecule has 18 heavy (non-hydrogen) atoms. The highest BCUT2D eigenvalue weighted by atomic mass is 15.1. The average Bonchev–Trinajstić information content (AvgIpc) is 2.30. The molecule has 0 heterocycles. The van der Waals surface area contributed by atoms with E-state index in [4.69, 9.17) is 5.73 Å².